The molecule has 3 N–H and O–H groups in total. The molecular formula is C22H29N3O4S. The number of fused-ring (bicyclic) bond motifs is 1. The van der Waals surface area contributed by atoms with Crippen LogP contribution in [0.3, 0.4) is 0 Å². The molecular weight excluding hydrogens is 402 g/mol. The number of primary amides is 1. The SMILES string of the molecule is CCOC(=O)c1c(NC(=O)C23CC4CC(CC2C4)C3)sc2c1CCCN2CC(N)=O. The zero-order valence-electron chi connectivity index (χ0n) is 17.4. The molecule has 5 aliphatic rings. The molecule has 6 rings (SSSR count). The maximum atomic E-state index is 13.5. The van der Waals surface area contributed by atoms with Crippen LogP contribution in [0, 0.1) is 23.2 Å². The summed E-state index contributed by atoms with van der Waals surface area (Å²) in [5.41, 5.74) is 6.50. The molecule has 1 aromatic rings. The number of esters is 1. The molecule has 2 heterocycles. The minimum absolute atomic E-state index is 0.0720. The Morgan fingerprint density at radius 1 is 1.23 bits per heavy atom. The fraction of sp³-hybridized carbons (Fsp3) is 0.682. The fourth-order valence-corrected chi connectivity index (χ4v) is 7.99. The van der Waals surface area contributed by atoms with E-state index in [0.717, 1.165) is 36.2 Å². The summed E-state index contributed by atoms with van der Waals surface area (Å²) >= 11 is 1.38. The molecule has 8 heteroatoms. The predicted octanol–water partition coefficient (Wildman–Crippen LogP) is 2.93. The van der Waals surface area contributed by atoms with E-state index in [0.29, 0.717) is 34.9 Å². The molecule has 2 amide bonds. The van der Waals surface area contributed by atoms with Crippen LogP contribution in [0.15, 0.2) is 0 Å². The van der Waals surface area contributed by atoms with Crippen molar-refractivity contribution in [2.45, 2.75) is 51.9 Å². The molecule has 0 saturated heterocycles. The Bertz CT molecular complexity index is 896. The van der Waals surface area contributed by atoms with E-state index in [1.807, 2.05) is 4.90 Å². The van der Waals surface area contributed by atoms with E-state index in [2.05, 4.69) is 5.32 Å². The lowest BCUT2D eigenvalue weighted by atomic mass is 9.75. The number of carbonyl (C=O) groups is 3. The van der Waals surface area contributed by atoms with Gasteiger partial charge in [0.2, 0.25) is 11.8 Å². The van der Waals surface area contributed by atoms with Crippen molar-refractivity contribution in [2.75, 3.05) is 29.9 Å². The summed E-state index contributed by atoms with van der Waals surface area (Å²) in [6.45, 7) is 2.87. The Morgan fingerprint density at radius 2 is 1.97 bits per heavy atom. The molecule has 2 unspecified atom stereocenters. The van der Waals surface area contributed by atoms with Crippen LogP contribution in [-0.4, -0.2) is 37.5 Å². The fourth-order valence-electron chi connectivity index (χ4n) is 6.73. The van der Waals surface area contributed by atoms with E-state index in [1.165, 1.54) is 30.6 Å². The van der Waals surface area contributed by atoms with Crippen molar-refractivity contribution in [2.24, 2.45) is 28.9 Å². The summed E-state index contributed by atoms with van der Waals surface area (Å²) in [5.74, 6) is 1.11. The standard InChI is InChI=1S/C22H29N3O4S/c1-2-29-20(27)17-15-4-3-5-25(11-16(23)26)19(15)30-18(17)24-21(28)22-9-12-6-13(10-22)8-14(22)7-12/h12-14H,2-11H2,1H3,(H2,23,26)(H,24,28). The maximum Gasteiger partial charge on any atom is 0.341 e. The summed E-state index contributed by atoms with van der Waals surface area (Å²) in [5, 5.41) is 4.59. The molecule has 4 bridgehead atoms. The lowest BCUT2D eigenvalue weighted by Gasteiger charge is -2.31. The summed E-state index contributed by atoms with van der Waals surface area (Å²) in [7, 11) is 0. The van der Waals surface area contributed by atoms with Crippen molar-refractivity contribution in [3.05, 3.63) is 11.1 Å². The number of nitrogens with two attached hydrogens (primary N) is 1. The first-order valence-electron chi connectivity index (χ1n) is 11.1. The Balaban J connectivity index is 1.48. The average molecular weight is 432 g/mol. The van der Waals surface area contributed by atoms with Gasteiger partial charge in [-0.25, -0.2) is 4.79 Å². The zero-order valence-corrected chi connectivity index (χ0v) is 18.2. The topological polar surface area (TPSA) is 102 Å². The number of anilines is 2. The highest BCUT2D eigenvalue weighted by Gasteiger charge is 2.61. The second kappa shape index (κ2) is 7.25. The lowest BCUT2D eigenvalue weighted by Crippen LogP contribution is -2.37. The minimum Gasteiger partial charge on any atom is -0.462 e. The van der Waals surface area contributed by atoms with E-state index in [-0.39, 0.29) is 24.5 Å². The highest BCUT2D eigenvalue weighted by atomic mass is 32.1. The number of hydrogen-bond acceptors (Lipinski definition) is 6. The highest BCUT2D eigenvalue weighted by molar-refractivity contribution is 7.20. The third kappa shape index (κ3) is 3.02. The normalized spacial score (nSPS) is 31.0. The third-order valence-electron chi connectivity index (χ3n) is 7.62. The summed E-state index contributed by atoms with van der Waals surface area (Å²) in [4.78, 5) is 39.8. The molecule has 0 radical (unpaired) electrons. The van der Waals surface area contributed by atoms with Crippen molar-refractivity contribution >= 4 is 39.1 Å². The Morgan fingerprint density at radius 3 is 2.63 bits per heavy atom. The van der Waals surface area contributed by atoms with Gasteiger partial charge in [-0.05, 0) is 69.6 Å². The lowest BCUT2D eigenvalue weighted by molar-refractivity contribution is -0.127. The van der Waals surface area contributed by atoms with Gasteiger partial charge >= 0.3 is 5.97 Å². The number of thiophene rings is 1. The van der Waals surface area contributed by atoms with Crippen molar-refractivity contribution in [3.8, 4) is 0 Å². The number of ether oxygens (including phenoxy) is 1. The second-order valence-corrected chi connectivity index (χ2v) is 10.5. The van der Waals surface area contributed by atoms with Gasteiger partial charge in [0.15, 0.2) is 0 Å². The van der Waals surface area contributed by atoms with Gasteiger partial charge in [0, 0.05) is 12.1 Å². The van der Waals surface area contributed by atoms with Crippen LogP contribution in [0.1, 0.15) is 61.4 Å². The van der Waals surface area contributed by atoms with E-state index in [9.17, 15) is 14.4 Å². The van der Waals surface area contributed by atoms with Crippen LogP contribution < -0.4 is 16.0 Å². The first kappa shape index (κ1) is 19.8. The van der Waals surface area contributed by atoms with Gasteiger partial charge < -0.3 is 20.7 Å². The minimum atomic E-state index is -0.405. The van der Waals surface area contributed by atoms with Crippen molar-refractivity contribution in [3.63, 3.8) is 0 Å². The third-order valence-corrected chi connectivity index (χ3v) is 8.83. The van der Waals surface area contributed by atoms with E-state index >= 15 is 0 Å². The smallest absolute Gasteiger partial charge is 0.341 e. The average Bonchev–Trinajstić information content (AvgIpc) is 3.26. The molecule has 0 spiro atoms. The summed E-state index contributed by atoms with van der Waals surface area (Å²) in [6.07, 6.45) is 7.12. The van der Waals surface area contributed by atoms with Crippen molar-refractivity contribution in [1.82, 2.24) is 0 Å². The number of nitrogens with one attached hydrogen (secondary N) is 1. The van der Waals surface area contributed by atoms with Crippen LogP contribution in [0.4, 0.5) is 10.0 Å². The van der Waals surface area contributed by atoms with Crippen molar-refractivity contribution in [1.29, 1.82) is 0 Å². The number of amides is 2. The Labute approximate surface area is 180 Å². The summed E-state index contributed by atoms with van der Waals surface area (Å²) in [6, 6.07) is 0. The first-order chi connectivity index (χ1) is 14.4. The monoisotopic (exact) mass is 431 g/mol. The molecule has 4 fully saturated rings. The van der Waals surface area contributed by atoms with Crippen LogP contribution in [0.25, 0.3) is 0 Å². The molecule has 4 aliphatic carbocycles. The first-order valence-corrected chi connectivity index (χ1v) is 11.9. The molecule has 0 aromatic carbocycles. The van der Waals surface area contributed by atoms with E-state index in [4.69, 9.17) is 10.5 Å². The Kier molecular flexibility index (Phi) is 4.80. The second-order valence-electron chi connectivity index (χ2n) is 9.46. The van der Waals surface area contributed by atoms with Crippen LogP contribution in [-0.2, 0) is 20.7 Å². The molecule has 2 atom stereocenters. The molecule has 1 aromatic heterocycles. The quantitative estimate of drug-likeness (QED) is 0.675. The van der Waals surface area contributed by atoms with E-state index in [1.54, 1.807) is 6.92 Å². The van der Waals surface area contributed by atoms with Gasteiger partial charge in [0.1, 0.15) is 5.00 Å². The largest absolute Gasteiger partial charge is 0.462 e. The van der Waals surface area contributed by atoms with Gasteiger partial charge in [-0.15, -0.1) is 0 Å². The zero-order chi connectivity index (χ0) is 21.0. The Hall–Kier alpha value is -2.09. The van der Waals surface area contributed by atoms with Crippen LogP contribution in [0.5, 0.6) is 0 Å². The number of carbonyl (C=O) groups excluding carboxylic acids is 3. The molecule has 162 valence electrons. The van der Waals surface area contributed by atoms with Gasteiger partial charge in [-0.3, -0.25) is 9.59 Å². The molecule has 4 saturated carbocycles. The van der Waals surface area contributed by atoms with Crippen molar-refractivity contribution < 1.29 is 19.1 Å². The molecule has 30 heavy (non-hydrogen) atoms. The predicted molar refractivity (Wildman–Crippen MR) is 115 cm³/mol. The maximum absolute atomic E-state index is 13.5. The highest BCUT2D eigenvalue weighted by Crippen LogP contribution is 2.65. The van der Waals surface area contributed by atoms with Gasteiger partial charge in [0.25, 0.3) is 0 Å². The summed E-state index contributed by atoms with van der Waals surface area (Å²) < 4.78 is 5.33. The van der Waals surface area contributed by atoms with Crippen LogP contribution in [0.2, 0.25) is 0 Å². The van der Waals surface area contributed by atoms with Gasteiger partial charge in [-0.1, -0.05) is 11.3 Å². The van der Waals surface area contributed by atoms with Crippen LogP contribution >= 0.6 is 11.3 Å². The molecule has 1 aliphatic heterocycles. The number of hydrogen-bond donors (Lipinski definition) is 2. The van der Waals surface area contributed by atoms with Gasteiger partial charge in [0.05, 0.1) is 29.1 Å². The molecule has 7 nitrogen and oxygen atoms in total. The number of rotatable bonds is 6. The number of nitrogens with zero attached hydrogens (tertiary/aromatic N) is 1. The van der Waals surface area contributed by atoms with E-state index < -0.39 is 11.9 Å². The van der Waals surface area contributed by atoms with Gasteiger partial charge in [-0.2, -0.15) is 0 Å².